The fraction of sp³-hybridized carbons (Fsp3) is 0.571. The normalized spacial score (nSPS) is 26.5. The topological polar surface area (TPSA) is 21.3 Å². The summed E-state index contributed by atoms with van der Waals surface area (Å²) in [6, 6.07) is 9.20. The van der Waals surface area contributed by atoms with E-state index in [9.17, 15) is 0 Å². The Morgan fingerprint density at radius 1 is 1.35 bits per heavy atom. The Morgan fingerprint density at radius 3 is 2.94 bits per heavy atom. The molecule has 0 amide bonds. The lowest BCUT2D eigenvalue weighted by Gasteiger charge is -2.47. The van der Waals surface area contributed by atoms with E-state index in [1.54, 1.807) is 0 Å². The molecule has 1 saturated heterocycles. The highest BCUT2D eigenvalue weighted by Gasteiger charge is 2.42. The quantitative estimate of drug-likeness (QED) is 0.825. The first-order valence-electron chi connectivity index (χ1n) is 6.42. The van der Waals surface area contributed by atoms with Gasteiger partial charge in [0, 0.05) is 21.9 Å². The van der Waals surface area contributed by atoms with E-state index >= 15 is 0 Å². The molecule has 1 unspecified atom stereocenters. The van der Waals surface area contributed by atoms with E-state index in [1.165, 1.54) is 34.9 Å². The van der Waals surface area contributed by atoms with Gasteiger partial charge >= 0.3 is 0 Å². The summed E-state index contributed by atoms with van der Waals surface area (Å²) < 4.78 is 7.24. The van der Waals surface area contributed by atoms with Crippen LogP contribution in [0.4, 0.5) is 5.69 Å². The highest BCUT2D eigenvalue weighted by molar-refractivity contribution is 14.1. The van der Waals surface area contributed by atoms with Crippen molar-refractivity contribution < 1.29 is 4.74 Å². The molecule has 1 aromatic rings. The van der Waals surface area contributed by atoms with Gasteiger partial charge in [0.05, 0.1) is 5.60 Å². The maximum absolute atomic E-state index is 5.95. The molecule has 2 nitrogen and oxygen atoms in total. The number of hydrogen-bond donors (Lipinski definition) is 1. The van der Waals surface area contributed by atoms with Gasteiger partial charge in [0.15, 0.2) is 0 Å². The summed E-state index contributed by atoms with van der Waals surface area (Å²) in [5.74, 6) is 0. The number of anilines is 1. The lowest BCUT2D eigenvalue weighted by atomic mass is 9.74. The number of rotatable bonds is 2. The molecule has 3 rings (SSSR count). The molecule has 17 heavy (non-hydrogen) atoms. The second-order valence-electron chi connectivity index (χ2n) is 5.23. The molecular formula is C14H18INO. The molecule has 2 fully saturated rings. The van der Waals surface area contributed by atoms with Gasteiger partial charge in [-0.25, -0.2) is 0 Å². The van der Waals surface area contributed by atoms with E-state index in [2.05, 4.69) is 52.2 Å². The van der Waals surface area contributed by atoms with Crippen LogP contribution in [0.3, 0.4) is 0 Å². The SMILES string of the molecule is Ic1cccc(NC2CCOC3(CCC3)C2)c1. The lowest BCUT2D eigenvalue weighted by Crippen LogP contribution is -2.49. The first-order chi connectivity index (χ1) is 8.26. The van der Waals surface area contributed by atoms with Crippen LogP contribution in [0.5, 0.6) is 0 Å². The monoisotopic (exact) mass is 343 g/mol. The number of halogens is 1. The number of ether oxygens (including phenoxy) is 1. The van der Waals surface area contributed by atoms with Crippen molar-refractivity contribution in [3.8, 4) is 0 Å². The zero-order valence-electron chi connectivity index (χ0n) is 9.92. The summed E-state index contributed by atoms with van der Waals surface area (Å²) in [7, 11) is 0. The van der Waals surface area contributed by atoms with E-state index in [4.69, 9.17) is 4.74 Å². The maximum Gasteiger partial charge on any atom is 0.0702 e. The maximum atomic E-state index is 5.95. The van der Waals surface area contributed by atoms with Crippen molar-refractivity contribution in [1.82, 2.24) is 0 Å². The summed E-state index contributed by atoms with van der Waals surface area (Å²) >= 11 is 2.36. The minimum absolute atomic E-state index is 0.234. The van der Waals surface area contributed by atoms with Crippen molar-refractivity contribution >= 4 is 28.3 Å². The fourth-order valence-corrected chi connectivity index (χ4v) is 3.43. The third-order valence-electron chi connectivity index (χ3n) is 3.95. The average Bonchev–Trinajstić information content (AvgIpc) is 2.27. The van der Waals surface area contributed by atoms with Gasteiger partial charge in [0.25, 0.3) is 0 Å². The van der Waals surface area contributed by atoms with Gasteiger partial charge in [-0.3, -0.25) is 0 Å². The number of benzene rings is 1. The van der Waals surface area contributed by atoms with Crippen LogP contribution in [0, 0.1) is 3.57 Å². The van der Waals surface area contributed by atoms with Gasteiger partial charge in [0.1, 0.15) is 0 Å². The Hall–Kier alpha value is -0.290. The van der Waals surface area contributed by atoms with Crippen molar-refractivity contribution in [2.24, 2.45) is 0 Å². The van der Waals surface area contributed by atoms with Gasteiger partial charge in [-0.05, 0) is 72.9 Å². The first-order valence-corrected chi connectivity index (χ1v) is 7.50. The number of nitrogens with one attached hydrogen (secondary N) is 1. The molecule has 0 radical (unpaired) electrons. The third kappa shape index (κ3) is 2.60. The summed E-state index contributed by atoms with van der Waals surface area (Å²) in [5, 5.41) is 3.66. The molecule has 92 valence electrons. The Kier molecular flexibility index (Phi) is 3.30. The van der Waals surface area contributed by atoms with Crippen LogP contribution in [-0.4, -0.2) is 18.2 Å². The summed E-state index contributed by atoms with van der Waals surface area (Å²) in [6.07, 6.45) is 6.18. The van der Waals surface area contributed by atoms with Gasteiger partial charge in [-0.2, -0.15) is 0 Å². The Labute approximate surface area is 116 Å². The summed E-state index contributed by atoms with van der Waals surface area (Å²) in [4.78, 5) is 0. The van der Waals surface area contributed by atoms with Crippen molar-refractivity contribution in [2.45, 2.75) is 43.7 Å². The van der Waals surface area contributed by atoms with E-state index in [0.717, 1.165) is 13.0 Å². The van der Waals surface area contributed by atoms with Crippen LogP contribution in [0.2, 0.25) is 0 Å². The smallest absolute Gasteiger partial charge is 0.0702 e. The molecule has 1 aliphatic carbocycles. The zero-order chi connectivity index (χ0) is 11.7. The van der Waals surface area contributed by atoms with Crippen LogP contribution in [0.1, 0.15) is 32.1 Å². The summed E-state index contributed by atoms with van der Waals surface area (Å²) in [6.45, 7) is 0.918. The lowest BCUT2D eigenvalue weighted by molar-refractivity contribution is -0.130. The van der Waals surface area contributed by atoms with Gasteiger partial charge in [0.2, 0.25) is 0 Å². The van der Waals surface area contributed by atoms with Gasteiger partial charge in [-0.1, -0.05) is 6.07 Å². The molecular weight excluding hydrogens is 325 g/mol. The van der Waals surface area contributed by atoms with Gasteiger partial charge < -0.3 is 10.1 Å². The molecule has 1 heterocycles. The predicted octanol–water partition coefficient (Wildman–Crippen LogP) is 3.80. The molecule has 0 aromatic heterocycles. The standard InChI is InChI=1S/C14H18INO/c15-11-3-1-4-12(9-11)16-13-5-8-17-14(10-13)6-2-7-14/h1,3-4,9,13,16H,2,5-8,10H2. The molecule has 1 spiro atoms. The Morgan fingerprint density at radius 2 is 2.24 bits per heavy atom. The highest BCUT2D eigenvalue weighted by atomic mass is 127. The fourth-order valence-electron chi connectivity index (χ4n) is 2.88. The van der Waals surface area contributed by atoms with E-state index in [-0.39, 0.29) is 5.60 Å². The van der Waals surface area contributed by atoms with Crippen molar-refractivity contribution in [2.75, 3.05) is 11.9 Å². The van der Waals surface area contributed by atoms with E-state index < -0.39 is 0 Å². The molecule has 1 saturated carbocycles. The van der Waals surface area contributed by atoms with E-state index in [1.807, 2.05) is 0 Å². The average molecular weight is 343 g/mol. The first kappa shape index (κ1) is 11.8. The molecule has 2 aliphatic rings. The number of hydrogen-bond acceptors (Lipinski definition) is 2. The molecule has 3 heteroatoms. The molecule has 1 N–H and O–H groups in total. The van der Waals surface area contributed by atoms with Crippen molar-refractivity contribution in [1.29, 1.82) is 0 Å². The molecule has 0 bridgehead atoms. The van der Waals surface area contributed by atoms with E-state index in [0.29, 0.717) is 6.04 Å². The van der Waals surface area contributed by atoms with Crippen LogP contribution in [0.25, 0.3) is 0 Å². The van der Waals surface area contributed by atoms with Crippen LogP contribution >= 0.6 is 22.6 Å². The minimum atomic E-state index is 0.234. The Bertz CT molecular complexity index is 403. The van der Waals surface area contributed by atoms with Crippen molar-refractivity contribution in [3.05, 3.63) is 27.8 Å². The van der Waals surface area contributed by atoms with Gasteiger partial charge in [-0.15, -0.1) is 0 Å². The Balaban J connectivity index is 1.65. The van der Waals surface area contributed by atoms with Crippen molar-refractivity contribution in [3.63, 3.8) is 0 Å². The van der Waals surface area contributed by atoms with Crippen LogP contribution in [-0.2, 0) is 4.74 Å². The molecule has 1 atom stereocenters. The second-order valence-corrected chi connectivity index (χ2v) is 6.48. The zero-order valence-corrected chi connectivity index (χ0v) is 12.1. The predicted molar refractivity (Wildman–Crippen MR) is 78.3 cm³/mol. The van der Waals surface area contributed by atoms with Crippen LogP contribution < -0.4 is 5.32 Å². The summed E-state index contributed by atoms with van der Waals surface area (Å²) in [5.41, 5.74) is 1.48. The minimum Gasteiger partial charge on any atom is -0.382 e. The third-order valence-corrected chi connectivity index (χ3v) is 4.62. The van der Waals surface area contributed by atoms with Crippen LogP contribution in [0.15, 0.2) is 24.3 Å². The molecule has 1 aliphatic heterocycles. The molecule has 1 aromatic carbocycles. The second kappa shape index (κ2) is 4.76. The highest BCUT2D eigenvalue weighted by Crippen LogP contribution is 2.42. The largest absolute Gasteiger partial charge is 0.382 e.